The SMILES string of the molecule is CCCCN(CC)C(=O)Cc1ccccc1O. The van der Waals surface area contributed by atoms with Crippen LogP contribution in [-0.2, 0) is 11.2 Å². The molecule has 0 heterocycles. The van der Waals surface area contributed by atoms with Crippen LogP contribution >= 0.6 is 0 Å². The summed E-state index contributed by atoms with van der Waals surface area (Å²) in [5.74, 6) is 0.287. The predicted molar refractivity (Wildman–Crippen MR) is 69.0 cm³/mol. The highest BCUT2D eigenvalue weighted by Gasteiger charge is 2.13. The van der Waals surface area contributed by atoms with Gasteiger partial charge in [0.15, 0.2) is 0 Å². The van der Waals surface area contributed by atoms with Crippen molar-refractivity contribution in [3.8, 4) is 5.75 Å². The summed E-state index contributed by atoms with van der Waals surface area (Å²) in [5, 5.41) is 9.62. The normalized spacial score (nSPS) is 10.2. The summed E-state index contributed by atoms with van der Waals surface area (Å²) in [6, 6.07) is 7.01. The monoisotopic (exact) mass is 235 g/mol. The van der Waals surface area contributed by atoms with Crippen molar-refractivity contribution in [2.24, 2.45) is 0 Å². The van der Waals surface area contributed by atoms with Crippen LogP contribution in [0.3, 0.4) is 0 Å². The summed E-state index contributed by atoms with van der Waals surface area (Å²) in [6.07, 6.45) is 2.39. The molecule has 0 spiro atoms. The molecule has 1 aromatic carbocycles. The molecule has 0 saturated carbocycles. The Morgan fingerprint density at radius 3 is 2.59 bits per heavy atom. The number of para-hydroxylation sites is 1. The smallest absolute Gasteiger partial charge is 0.227 e. The number of carbonyl (C=O) groups is 1. The maximum atomic E-state index is 12.0. The minimum absolute atomic E-state index is 0.0856. The van der Waals surface area contributed by atoms with Gasteiger partial charge in [-0.15, -0.1) is 0 Å². The first-order valence-corrected chi connectivity index (χ1v) is 6.23. The molecule has 17 heavy (non-hydrogen) atoms. The average molecular weight is 235 g/mol. The fraction of sp³-hybridized carbons (Fsp3) is 0.500. The lowest BCUT2D eigenvalue weighted by Crippen LogP contribution is -2.32. The number of hydrogen-bond donors (Lipinski definition) is 1. The van der Waals surface area contributed by atoms with Gasteiger partial charge in [-0.1, -0.05) is 31.5 Å². The molecular weight excluding hydrogens is 214 g/mol. The van der Waals surface area contributed by atoms with Crippen LogP contribution in [0.1, 0.15) is 32.3 Å². The molecule has 0 atom stereocenters. The molecule has 0 aliphatic rings. The Balaban J connectivity index is 2.61. The molecular formula is C14H21NO2. The molecule has 0 unspecified atom stereocenters. The molecule has 0 aliphatic carbocycles. The van der Waals surface area contributed by atoms with E-state index >= 15 is 0 Å². The molecule has 0 fully saturated rings. The summed E-state index contributed by atoms with van der Waals surface area (Å²) < 4.78 is 0. The predicted octanol–water partition coefficient (Wildman–Crippen LogP) is 2.58. The van der Waals surface area contributed by atoms with Crippen LogP contribution in [0.2, 0.25) is 0 Å². The lowest BCUT2D eigenvalue weighted by Gasteiger charge is -2.20. The van der Waals surface area contributed by atoms with Gasteiger partial charge in [-0.2, -0.15) is 0 Å². The highest BCUT2D eigenvalue weighted by molar-refractivity contribution is 5.79. The number of phenols is 1. The summed E-state index contributed by atoms with van der Waals surface area (Å²) in [6.45, 7) is 5.63. The Morgan fingerprint density at radius 2 is 2.00 bits per heavy atom. The molecule has 0 aromatic heterocycles. The number of hydrogen-bond acceptors (Lipinski definition) is 2. The summed E-state index contributed by atoms with van der Waals surface area (Å²) in [5.41, 5.74) is 0.701. The summed E-state index contributed by atoms with van der Waals surface area (Å²) in [4.78, 5) is 13.9. The van der Waals surface area contributed by atoms with Gasteiger partial charge < -0.3 is 10.0 Å². The van der Waals surface area contributed by atoms with Crippen LogP contribution in [0.5, 0.6) is 5.75 Å². The Labute approximate surface area is 103 Å². The van der Waals surface area contributed by atoms with Gasteiger partial charge in [0.2, 0.25) is 5.91 Å². The largest absolute Gasteiger partial charge is 0.508 e. The minimum Gasteiger partial charge on any atom is -0.508 e. The zero-order valence-corrected chi connectivity index (χ0v) is 10.6. The molecule has 3 heteroatoms. The zero-order chi connectivity index (χ0) is 12.7. The van der Waals surface area contributed by atoms with E-state index in [-0.39, 0.29) is 18.1 Å². The van der Waals surface area contributed by atoms with Gasteiger partial charge >= 0.3 is 0 Å². The Kier molecular flexibility index (Phi) is 5.53. The number of rotatable bonds is 6. The Bertz CT molecular complexity index is 363. The summed E-state index contributed by atoms with van der Waals surface area (Å²) in [7, 11) is 0. The lowest BCUT2D eigenvalue weighted by atomic mass is 10.1. The van der Waals surface area contributed by atoms with Gasteiger partial charge in [0.05, 0.1) is 6.42 Å². The Hall–Kier alpha value is -1.51. The molecule has 0 bridgehead atoms. The van der Waals surface area contributed by atoms with E-state index < -0.39 is 0 Å². The maximum absolute atomic E-state index is 12.0. The third-order valence-corrected chi connectivity index (χ3v) is 2.85. The molecule has 1 rings (SSSR count). The quantitative estimate of drug-likeness (QED) is 0.823. The zero-order valence-electron chi connectivity index (χ0n) is 10.6. The van der Waals surface area contributed by atoms with Crippen LogP contribution in [0.15, 0.2) is 24.3 Å². The number of nitrogens with zero attached hydrogens (tertiary/aromatic N) is 1. The van der Waals surface area contributed by atoms with Crippen molar-refractivity contribution in [2.45, 2.75) is 33.1 Å². The highest BCUT2D eigenvalue weighted by Crippen LogP contribution is 2.16. The van der Waals surface area contributed by atoms with Gasteiger partial charge in [0.25, 0.3) is 0 Å². The molecule has 3 nitrogen and oxygen atoms in total. The molecule has 0 radical (unpaired) electrons. The van der Waals surface area contributed by atoms with Crippen LogP contribution in [0.4, 0.5) is 0 Å². The van der Waals surface area contributed by atoms with E-state index in [2.05, 4.69) is 6.92 Å². The topological polar surface area (TPSA) is 40.5 Å². The second-order valence-corrected chi connectivity index (χ2v) is 4.13. The van der Waals surface area contributed by atoms with Crippen LogP contribution in [0.25, 0.3) is 0 Å². The Morgan fingerprint density at radius 1 is 1.29 bits per heavy atom. The standard InChI is InChI=1S/C14H21NO2/c1-3-5-10-15(4-2)14(17)11-12-8-6-7-9-13(12)16/h6-9,16H,3-5,10-11H2,1-2H3. The molecule has 1 amide bonds. The second-order valence-electron chi connectivity index (χ2n) is 4.13. The van der Waals surface area contributed by atoms with Crippen molar-refractivity contribution in [1.29, 1.82) is 0 Å². The lowest BCUT2D eigenvalue weighted by molar-refractivity contribution is -0.130. The van der Waals surface area contributed by atoms with Gasteiger partial charge in [-0.05, 0) is 19.4 Å². The fourth-order valence-corrected chi connectivity index (χ4v) is 1.74. The van der Waals surface area contributed by atoms with E-state index in [1.807, 2.05) is 17.9 Å². The molecule has 0 saturated heterocycles. The third kappa shape index (κ3) is 4.10. The van der Waals surface area contributed by atoms with Crippen molar-refractivity contribution in [1.82, 2.24) is 4.90 Å². The number of amides is 1. The number of carbonyl (C=O) groups excluding carboxylic acids is 1. The van der Waals surface area contributed by atoms with Crippen molar-refractivity contribution < 1.29 is 9.90 Å². The second kappa shape index (κ2) is 6.94. The number of benzene rings is 1. The summed E-state index contributed by atoms with van der Waals surface area (Å²) >= 11 is 0. The van der Waals surface area contributed by atoms with E-state index in [0.29, 0.717) is 5.56 Å². The van der Waals surface area contributed by atoms with Crippen LogP contribution in [-0.4, -0.2) is 29.0 Å². The highest BCUT2D eigenvalue weighted by atomic mass is 16.3. The maximum Gasteiger partial charge on any atom is 0.227 e. The number of phenolic OH excluding ortho intramolecular Hbond substituents is 1. The first kappa shape index (κ1) is 13.6. The first-order chi connectivity index (χ1) is 8.19. The fourth-order valence-electron chi connectivity index (χ4n) is 1.74. The van der Waals surface area contributed by atoms with Gasteiger partial charge in [-0.3, -0.25) is 4.79 Å². The van der Waals surface area contributed by atoms with Crippen LogP contribution < -0.4 is 0 Å². The molecule has 94 valence electrons. The van der Waals surface area contributed by atoms with Crippen molar-refractivity contribution in [3.63, 3.8) is 0 Å². The molecule has 1 N–H and O–H groups in total. The van der Waals surface area contributed by atoms with Crippen molar-refractivity contribution in [2.75, 3.05) is 13.1 Å². The van der Waals surface area contributed by atoms with E-state index in [4.69, 9.17) is 0 Å². The van der Waals surface area contributed by atoms with Gasteiger partial charge in [0, 0.05) is 18.7 Å². The van der Waals surface area contributed by atoms with Gasteiger partial charge in [-0.25, -0.2) is 0 Å². The number of aromatic hydroxyl groups is 1. The first-order valence-electron chi connectivity index (χ1n) is 6.23. The third-order valence-electron chi connectivity index (χ3n) is 2.85. The van der Waals surface area contributed by atoms with E-state index in [0.717, 1.165) is 25.9 Å². The van der Waals surface area contributed by atoms with E-state index in [1.54, 1.807) is 18.2 Å². The molecule has 1 aromatic rings. The average Bonchev–Trinajstić information content (AvgIpc) is 2.33. The van der Waals surface area contributed by atoms with Crippen molar-refractivity contribution in [3.05, 3.63) is 29.8 Å². The minimum atomic E-state index is 0.0856. The molecule has 0 aliphatic heterocycles. The van der Waals surface area contributed by atoms with E-state index in [1.165, 1.54) is 0 Å². The number of unbranched alkanes of at least 4 members (excludes halogenated alkanes) is 1. The van der Waals surface area contributed by atoms with E-state index in [9.17, 15) is 9.90 Å². The van der Waals surface area contributed by atoms with Crippen molar-refractivity contribution >= 4 is 5.91 Å². The number of likely N-dealkylation sites (N-methyl/N-ethyl adjacent to an activating group) is 1. The van der Waals surface area contributed by atoms with Gasteiger partial charge in [0.1, 0.15) is 5.75 Å². The van der Waals surface area contributed by atoms with Crippen LogP contribution in [0, 0.1) is 0 Å².